The molecule has 0 radical (unpaired) electrons. The fourth-order valence-corrected chi connectivity index (χ4v) is 3.23. The summed E-state index contributed by atoms with van der Waals surface area (Å²) >= 11 is 0. The SMILES string of the molecule is N#Cc1ccc(C2CCC(CCCC=C(F)F)CC2)cc1. The molecule has 0 spiro atoms. The van der Waals surface area contributed by atoms with Gasteiger partial charge in [-0.25, -0.2) is 0 Å². The number of allylic oxidation sites excluding steroid dienone is 1. The Morgan fingerprint density at radius 3 is 2.38 bits per heavy atom. The quantitative estimate of drug-likeness (QED) is 0.630. The molecule has 0 amide bonds. The van der Waals surface area contributed by atoms with Crippen LogP contribution in [0.25, 0.3) is 0 Å². The van der Waals surface area contributed by atoms with Crippen molar-refractivity contribution in [2.75, 3.05) is 0 Å². The number of hydrogen-bond donors (Lipinski definition) is 0. The van der Waals surface area contributed by atoms with Crippen LogP contribution in [-0.4, -0.2) is 0 Å². The van der Waals surface area contributed by atoms with Gasteiger partial charge >= 0.3 is 0 Å². The number of rotatable bonds is 5. The third-order valence-electron chi connectivity index (χ3n) is 4.47. The lowest BCUT2D eigenvalue weighted by atomic mass is 9.77. The molecule has 0 aliphatic heterocycles. The normalized spacial score (nSPS) is 21.6. The fraction of sp³-hybridized carbons (Fsp3) is 0.500. The molecule has 0 atom stereocenters. The summed E-state index contributed by atoms with van der Waals surface area (Å²) in [6, 6.07) is 10.1. The molecule has 1 saturated carbocycles. The number of nitrogens with zero attached hydrogens (tertiary/aromatic N) is 1. The summed E-state index contributed by atoms with van der Waals surface area (Å²) in [5.41, 5.74) is 2.04. The molecule has 0 N–H and O–H groups in total. The highest BCUT2D eigenvalue weighted by Crippen LogP contribution is 2.37. The maximum atomic E-state index is 11.9. The van der Waals surface area contributed by atoms with E-state index in [1.54, 1.807) is 0 Å². The molecule has 1 nitrogen and oxygen atoms in total. The number of nitriles is 1. The molecule has 112 valence electrons. The zero-order valence-corrected chi connectivity index (χ0v) is 12.2. The first-order valence-corrected chi connectivity index (χ1v) is 7.70. The third-order valence-corrected chi connectivity index (χ3v) is 4.47. The van der Waals surface area contributed by atoms with Gasteiger partial charge in [-0.2, -0.15) is 14.0 Å². The standard InChI is InChI=1S/C18H21F2N/c19-18(20)4-2-1-3-14-5-9-16(10-6-14)17-11-7-15(13-21)8-12-17/h4,7-8,11-12,14,16H,1-3,5-6,9-10H2. The van der Waals surface area contributed by atoms with Gasteiger partial charge in [-0.3, -0.25) is 0 Å². The Bertz CT molecular complexity index is 501. The molecular formula is C18H21F2N. The van der Waals surface area contributed by atoms with Crippen molar-refractivity contribution >= 4 is 0 Å². The van der Waals surface area contributed by atoms with Gasteiger partial charge in [0.1, 0.15) is 0 Å². The number of benzene rings is 1. The Morgan fingerprint density at radius 2 is 1.81 bits per heavy atom. The van der Waals surface area contributed by atoms with Crippen molar-refractivity contribution in [3.8, 4) is 6.07 Å². The Balaban J connectivity index is 1.75. The van der Waals surface area contributed by atoms with Crippen LogP contribution in [0, 0.1) is 17.2 Å². The van der Waals surface area contributed by atoms with E-state index in [4.69, 9.17) is 5.26 Å². The number of hydrogen-bond acceptors (Lipinski definition) is 1. The first-order chi connectivity index (χ1) is 10.2. The van der Waals surface area contributed by atoms with Crippen LogP contribution in [0.3, 0.4) is 0 Å². The monoisotopic (exact) mass is 289 g/mol. The van der Waals surface area contributed by atoms with Crippen molar-refractivity contribution < 1.29 is 8.78 Å². The van der Waals surface area contributed by atoms with Gasteiger partial charge in [0.25, 0.3) is 6.08 Å². The molecule has 0 saturated heterocycles. The number of unbranched alkanes of at least 4 members (excludes halogenated alkanes) is 1. The molecule has 2 rings (SSSR count). The second-order valence-electron chi connectivity index (χ2n) is 5.88. The Hall–Kier alpha value is -1.69. The van der Waals surface area contributed by atoms with E-state index in [9.17, 15) is 8.78 Å². The topological polar surface area (TPSA) is 23.8 Å². The number of halogens is 2. The highest BCUT2D eigenvalue weighted by atomic mass is 19.3. The summed E-state index contributed by atoms with van der Waals surface area (Å²) in [5, 5.41) is 8.81. The van der Waals surface area contributed by atoms with Crippen LogP contribution in [-0.2, 0) is 0 Å². The minimum Gasteiger partial charge on any atom is -0.192 e. The molecule has 0 aromatic heterocycles. The van der Waals surface area contributed by atoms with Crippen molar-refractivity contribution in [3.05, 3.63) is 47.5 Å². The van der Waals surface area contributed by atoms with Crippen molar-refractivity contribution in [1.29, 1.82) is 5.26 Å². The molecule has 1 aromatic rings. The van der Waals surface area contributed by atoms with E-state index in [-0.39, 0.29) is 0 Å². The van der Waals surface area contributed by atoms with Crippen molar-refractivity contribution in [1.82, 2.24) is 0 Å². The lowest BCUT2D eigenvalue weighted by molar-refractivity contribution is 0.305. The fourth-order valence-electron chi connectivity index (χ4n) is 3.23. The Labute approximate surface area is 125 Å². The summed E-state index contributed by atoms with van der Waals surface area (Å²) in [7, 11) is 0. The highest BCUT2D eigenvalue weighted by molar-refractivity contribution is 5.33. The lowest BCUT2D eigenvalue weighted by Crippen LogP contribution is -2.13. The molecule has 0 bridgehead atoms. The average Bonchev–Trinajstić information content (AvgIpc) is 2.52. The molecule has 1 aliphatic carbocycles. The second kappa shape index (κ2) is 7.93. The van der Waals surface area contributed by atoms with Gasteiger partial charge in [0.05, 0.1) is 11.6 Å². The molecule has 3 heteroatoms. The van der Waals surface area contributed by atoms with E-state index in [2.05, 4.69) is 18.2 Å². The van der Waals surface area contributed by atoms with Crippen LogP contribution in [0.4, 0.5) is 8.78 Å². The Morgan fingerprint density at radius 1 is 1.14 bits per heavy atom. The van der Waals surface area contributed by atoms with Crippen molar-refractivity contribution in [3.63, 3.8) is 0 Å². The minimum atomic E-state index is -1.56. The molecule has 1 aromatic carbocycles. The third kappa shape index (κ3) is 4.97. The summed E-state index contributed by atoms with van der Waals surface area (Å²) in [6.07, 6.45) is 6.61. The predicted octanol–water partition coefficient (Wildman–Crippen LogP) is 5.78. The van der Waals surface area contributed by atoms with Gasteiger partial charge in [0, 0.05) is 0 Å². The van der Waals surface area contributed by atoms with E-state index in [0.29, 0.717) is 23.8 Å². The van der Waals surface area contributed by atoms with E-state index in [0.717, 1.165) is 18.9 Å². The average molecular weight is 289 g/mol. The first kappa shape index (κ1) is 15.7. The summed E-state index contributed by atoms with van der Waals surface area (Å²) in [4.78, 5) is 0. The summed E-state index contributed by atoms with van der Waals surface area (Å²) in [6.45, 7) is 0. The molecule has 1 aliphatic rings. The van der Waals surface area contributed by atoms with Crippen molar-refractivity contribution in [2.45, 2.75) is 50.9 Å². The van der Waals surface area contributed by atoms with Gasteiger partial charge in [0.2, 0.25) is 0 Å². The van der Waals surface area contributed by atoms with Gasteiger partial charge in [-0.05, 0) is 74.1 Å². The van der Waals surface area contributed by atoms with E-state index in [1.807, 2.05) is 12.1 Å². The van der Waals surface area contributed by atoms with Gasteiger partial charge in [0.15, 0.2) is 0 Å². The largest absolute Gasteiger partial charge is 0.266 e. The summed E-state index contributed by atoms with van der Waals surface area (Å²) < 4.78 is 23.9. The Kier molecular flexibility index (Phi) is 5.92. The van der Waals surface area contributed by atoms with Crippen LogP contribution in [0.5, 0.6) is 0 Å². The zero-order chi connectivity index (χ0) is 15.1. The maximum absolute atomic E-state index is 11.9. The lowest BCUT2D eigenvalue weighted by Gasteiger charge is -2.28. The highest BCUT2D eigenvalue weighted by Gasteiger charge is 2.21. The molecule has 1 fully saturated rings. The smallest absolute Gasteiger partial charge is 0.192 e. The van der Waals surface area contributed by atoms with Crippen LogP contribution in [0.1, 0.15) is 62.0 Å². The van der Waals surface area contributed by atoms with Gasteiger partial charge in [-0.1, -0.05) is 18.6 Å². The van der Waals surface area contributed by atoms with E-state index < -0.39 is 6.08 Å². The molecule has 0 heterocycles. The van der Waals surface area contributed by atoms with E-state index >= 15 is 0 Å². The molecular weight excluding hydrogens is 268 g/mol. The molecule has 21 heavy (non-hydrogen) atoms. The predicted molar refractivity (Wildman–Crippen MR) is 80.0 cm³/mol. The van der Waals surface area contributed by atoms with Crippen LogP contribution in [0.15, 0.2) is 36.4 Å². The molecule has 0 unspecified atom stereocenters. The van der Waals surface area contributed by atoms with Crippen LogP contribution < -0.4 is 0 Å². The van der Waals surface area contributed by atoms with Crippen LogP contribution in [0.2, 0.25) is 0 Å². The van der Waals surface area contributed by atoms with Crippen LogP contribution >= 0.6 is 0 Å². The van der Waals surface area contributed by atoms with Gasteiger partial charge in [-0.15, -0.1) is 0 Å². The maximum Gasteiger partial charge on any atom is 0.266 e. The van der Waals surface area contributed by atoms with Crippen molar-refractivity contribution in [2.24, 2.45) is 5.92 Å². The van der Waals surface area contributed by atoms with E-state index in [1.165, 1.54) is 31.2 Å². The summed E-state index contributed by atoms with van der Waals surface area (Å²) in [5.74, 6) is 1.29. The minimum absolute atomic E-state index is 0.498. The zero-order valence-electron chi connectivity index (χ0n) is 12.2. The first-order valence-electron chi connectivity index (χ1n) is 7.70. The second-order valence-corrected chi connectivity index (χ2v) is 5.88. The van der Waals surface area contributed by atoms with Gasteiger partial charge < -0.3 is 0 Å².